The summed E-state index contributed by atoms with van der Waals surface area (Å²) < 4.78 is 0. The van der Waals surface area contributed by atoms with Crippen LogP contribution in [0.25, 0.3) is 21.8 Å². The van der Waals surface area contributed by atoms with Gasteiger partial charge in [-0.15, -0.1) is 0 Å². The first kappa shape index (κ1) is 28.7. The van der Waals surface area contributed by atoms with Crippen molar-refractivity contribution in [2.24, 2.45) is 0 Å². The van der Waals surface area contributed by atoms with E-state index in [1.54, 1.807) is 21.8 Å². The molecule has 0 saturated carbocycles. The third-order valence-electron chi connectivity index (χ3n) is 9.19. The van der Waals surface area contributed by atoms with E-state index >= 15 is 0 Å². The predicted molar refractivity (Wildman–Crippen MR) is 205 cm³/mol. The molecule has 3 aliphatic rings. The highest BCUT2D eigenvalue weighted by Crippen LogP contribution is 3.32. The molecule has 9 rings (SSSR count). The maximum absolute atomic E-state index is 2.42. The number of allylic oxidation sites excluding steroid dienone is 2. The van der Waals surface area contributed by atoms with Crippen LogP contribution in [0.1, 0.15) is 44.7 Å². The van der Waals surface area contributed by atoms with Crippen LogP contribution in [0.3, 0.4) is 0 Å². The van der Waals surface area contributed by atoms with E-state index in [0.717, 1.165) is 0 Å². The van der Waals surface area contributed by atoms with Crippen LogP contribution in [0.2, 0.25) is 0 Å². The first-order chi connectivity index (χ1) is 22.9. The van der Waals surface area contributed by atoms with Gasteiger partial charge in [-0.25, -0.2) is 0 Å². The van der Waals surface area contributed by atoms with Crippen molar-refractivity contribution in [1.82, 2.24) is 0 Å². The summed E-state index contributed by atoms with van der Waals surface area (Å²) in [6, 6.07) is 68.8. The zero-order valence-corrected chi connectivity index (χ0v) is 28.8. The van der Waals surface area contributed by atoms with Gasteiger partial charge in [-0.05, 0) is 84.4 Å². The summed E-state index contributed by atoms with van der Waals surface area (Å²) in [6.45, 7) is 0. The Morgan fingerprint density at radius 2 is 0.543 bits per heavy atom. The van der Waals surface area contributed by atoms with Crippen LogP contribution in [-0.2, 0) is 0 Å². The predicted octanol–water partition coefficient (Wildman–Crippen LogP) is 14.2. The third-order valence-corrected chi connectivity index (χ3v) is 42.9. The van der Waals surface area contributed by atoms with E-state index in [1.165, 1.54) is 33.4 Å². The molecule has 0 aliphatic carbocycles. The standard InChI is InChI=1S/C42H32P4/c1-7-19-31(20-8-1)37-39(33-23-11-3-12-24-33)43-44(40(37)34-25-13-4-14-26-34)46-42(36-29-17-6-18-30-36)38(32-21-9-2-10-22-32)41(45(43)46)35-27-15-5-16-28-35/h1-30,39,41H/t39-,41-,43?,44?,45?,46?/m1/s1. The molecule has 3 heterocycles. The Labute approximate surface area is 276 Å². The molecule has 0 amide bonds. The third kappa shape index (κ3) is 4.66. The van der Waals surface area contributed by atoms with Crippen molar-refractivity contribution in [3.63, 3.8) is 0 Å². The lowest BCUT2D eigenvalue weighted by molar-refractivity contribution is 1.23. The summed E-state index contributed by atoms with van der Waals surface area (Å²) in [5, 5.41) is 3.36. The normalized spacial score (nSPS) is 24.8. The van der Waals surface area contributed by atoms with Gasteiger partial charge in [0.05, 0.1) is 0 Å². The molecule has 0 radical (unpaired) electrons. The average molecular weight is 661 g/mol. The average Bonchev–Trinajstić information content (AvgIpc) is 3.60. The van der Waals surface area contributed by atoms with E-state index < -0.39 is 0 Å². The van der Waals surface area contributed by atoms with Crippen molar-refractivity contribution in [1.29, 1.82) is 0 Å². The summed E-state index contributed by atoms with van der Waals surface area (Å²) in [5.41, 5.74) is 12.8. The minimum atomic E-state index is -0.368. The van der Waals surface area contributed by atoms with E-state index in [2.05, 4.69) is 182 Å². The van der Waals surface area contributed by atoms with Crippen molar-refractivity contribution in [2.45, 2.75) is 11.3 Å². The van der Waals surface area contributed by atoms with Crippen molar-refractivity contribution in [3.05, 3.63) is 215 Å². The molecule has 6 aromatic carbocycles. The Bertz CT molecular complexity index is 1890. The smallest absolute Gasteiger partial charge is 0.0391 e. The molecule has 1 fully saturated rings. The number of benzene rings is 6. The SMILES string of the molecule is c1ccc(C2=C(c3ccccc3)P3P4C(c5ccccc5)=C(c5ccccc5)[C@@H](c5ccccc5)P4P3[C@@H]2c2ccccc2)cc1. The summed E-state index contributed by atoms with van der Waals surface area (Å²) in [7, 11) is -1.35. The second kappa shape index (κ2) is 12.3. The Morgan fingerprint density at radius 3 is 0.848 bits per heavy atom. The molecule has 3 aliphatic heterocycles. The van der Waals surface area contributed by atoms with Gasteiger partial charge < -0.3 is 0 Å². The van der Waals surface area contributed by atoms with E-state index in [-0.39, 0.29) is 29.2 Å². The van der Waals surface area contributed by atoms with Gasteiger partial charge in [-0.3, -0.25) is 0 Å². The number of hydrogen-bond donors (Lipinski definition) is 0. The fourth-order valence-electron chi connectivity index (χ4n) is 7.30. The molecule has 0 spiro atoms. The van der Waals surface area contributed by atoms with Crippen LogP contribution >= 0.6 is 29.2 Å². The largest absolute Gasteiger partial charge is 0.0622 e. The zero-order valence-electron chi connectivity index (χ0n) is 25.3. The van der Waals surface area contributed by atoms with Crippen molar-refractivity contribution in [3.8, 4) is 0 Å². The second-order valence-electron chi connectivity index (χ2n) is 11.8. The Kier molecular flexibility index (Phi) is 7.66. The highest BCUT2D eigenvalue weighted by Gasteiger charge is 2.67. The maximum Gasteiger partial charge on any atom is 0.0391 e. The van der Waals surface area contributed by atoms with Gasteiger partial charge in [0.1, 0.15) is 0 Å². The molecule has 0 N–H and O–H groups in total. The number of rotatable bonds is 6. The van der Waals surface area contributed by atoms with Crippen LogP contribution in [0, 0.1) is 0 Å². The lowest BCUT2D eigenvalue weighted by Gasteiger charge is -2.52. The first-order valence-corrected chi connectivity index (χ1v) is 24.2. The molecular weight excluding hydrogens is 628 g/mol. The monoisotopic (exact) mass is 660 g/mol. The van der Waals surface area contributed by atoms with Crippen molar-refractivity contribution in [2.75, 3.05) is 0 Å². The number of fused-ring (bicyclic) bond motifs is 4. The van der Waals surface area contributed by atoms with Crippen LogP contribution < -0.4 is 0 Å². The molecule has 4 unspecified atom stereocenters. The van der Waals surface area contributed by atoms with Crippen molar-refractivity contribution < 1.29 is 0 Å². The molecule has 0 nitrogen and oxygen atoms in total. The number of hydrogen-bond acceptors (Lipinski definition) is 0. The van der Waals surface area contributed by atoms with Gasteiger partial charge in [0.25, 0.3) is 0 Å². The van der Waals surface area contributed by atoms with Gasteiger partial charge >= 0.3 is 0 Å². The highest BCUT2D eigenvalue weighted by molar-refractivity contribution is 9.12. The van der Waals surface area contributed by atoms with E-state index in [4.69, 9.17) is 0 Å². The van der Waals surface area contributed by atoms with Crippen LogP contribution in [0.5, 0.6) is 0 Å². The molecule has 6 aromatic rings. The second-order valence-corrected chi connectivity index (χ2v) is 30.0. The lowest BCUT2D eigenvalue weighted by atomic mass is 9.95. The van der Waals surface area contributed by atoms with Crippen molar-refractivity contribution >= 4 is 51.0 Å². The summed E-state index contributed by atoms with van der Waals surface area (Å²) >= 11 is 0. The molecule has 0 bridgehead atoms. The maximum atomic E-state index is 2.42. The van der Waals surface area contributed by atoms with Gasteiger partial charge in [0, 0.05) is 11.3 Å². The Morgan fingerprint density at radius 1 is 0.283 bits per heavy atom. The lowest BCUT2D eigenvalue weighted by Crippen LogP contribution is -2.01. The minimum absolute atomic E-state index is 0.306. The molecule has 6 atom stereocenters. The van der Waals surface area contributed by atoms with Crippen LogP contribution in [0.15, 0.2) is 182 Å². The van der Waals surface area contributed by atoms with E-state index in [9.17, 15) is 0 Å². The minimum Gasteiger partial charge on any atom is -0.0622 e. The quantitative estimate of drug-likeness (QED) is 0.156. The fourth-order valence-corrected chi connectivity index (χ4v) is 50.2. The first-order valence-electron chi connectivity index (χ1n) is 15.9. The molecule has 4 heteroatoms. The van der Waals surface area contributed by atoms with E-state index in [0.29, 0.717) is 11.3 Å². The van der Waals surface area contributed by atoms with Crippen LogP contribution in [-0.4, -0.2) is 0 Å². The van der Waals surface area contributed by atoms with Gasteiger partial charge in [0.15, 0.2) is 0 Å². The topological polar surface area (TPSA) is 0 Å². The Balaban J connectivity index is 1.36. The highest BCUT2D eigenvalue weighted by atomic mass is 33.0. The molecule has 1 saturated heterocycles. The zero-order chi connectivity index (χ0) is 30.5. The van der Waals surface area contributed by atoms with Gasteiger partial charge in [0.2, 0.25) is 0 Å². The summed E-state index contributed by atoms with van der Waals surface area (Å²) in [5.74, 6) is 0. The summed E-state index contributed by atoms with van der Waals surface area (Å²) in [4.78, 5) is 0. The fraction of sp³-hybridized carbons (Fsp3) is 0.0476. The van der Waals surface area contributed by atoms with Crippen LogP contribution in [0.4, 0.5) is 0 Å². The van der Waals surface area contributed by atoms with Gasteiger partial charge in [-0.2, -0.15) is 0 Å². The van der Waals surface area contributed by atoms with E-state index in [1.807, 2.05) is 0 Å². The van der Waals surface area contributed by atoms with Gasteiger partial charge in [-0.1, -0.05) is 182 Å². The molecule has 46 heavy (non-hydrogen) atoms. The molecular formula is C42H32P4. The summed E-state index contributed by atoms with van der Waals surface area (Å²) in [6.07, 6.45) is 0. The molecule has 220 valence electrons. The Hall–Kier alpha value is -3.48. The molecule has 0 aromatic heterocycles.